The van der Waals surface area contributed by atoms with Crippen LogP contribution in [0.3, 0.4) is 0 Å². The smallest absolute Gasteiger partial charge is 0.234 e. The number of carbonyl (C=O) groups is 1. The van der Waals surface area contributed by atoms with Crippen molar-refractivity contribution < 1.29 is 10.1 Å². The Bertz CT molecular complexity index is 271. The maximum Gasteiger partial charge on any atom is 0.234 e. The molecule has 84 valence electrons. The van der Waals surface area contributed by atoms with Gasteiger partial charge < -0.3 is 10.2 Å². The van der Waals surface area contributed by atoms with Crippen molar-refractivity contribution in [3.05, 3.63) is 0 Å². The standard InChI is InChI=1S/C12H20N2O/c15-11-12(5-3-6-13-9-12)8-10-4-1-2-7-14(10)11/h10,13H,1-9H2/p+1. The van der Waals surface area contributed by atoms with Crippen molar-refractivity contribution >= 4 is 5.91 Å². The quantitative estimate of drug-likeness (QED) is 0.604. The van der Waals surface area contributed by atoms with Crippen LogP contribution in [0.15, 0.2) is 0 Å². The van der Waals surface area contributed by atoms with Gasteiger partial charge in [0.1, 0.15) is 5.41 Å². The molecular formula is C12H21N2O+. The van der Waals surface area contributed by atoms with Gasteiger partial charge in [-0.05, 0) is 38.5 Å². The molecule has 0 radical (unpaired) electrons. The van der Waals surface area contributed by atoms with Crippen molar-refractivity contribution in [3.8, 4) is 0 Å². The summed E-state index contributed by atoms with van der Waals surface area (Å²) < 4.78 is 0. The zero-order valence-electron chi connectivity index (χ0n) is 9.37. The fourth-order valence-corrected chi connectivity index (χ4v) is 3.77. The predicted molar refractivity (Wildman–Crippen MR) is 57.3 cm³/mol. The predicted octanol–water partition coefficient (Wildman–Crippen LogP) is 0.115. The molecule has 0 saturated carbocycles. The van der Waals surface area contributed by atoms with Crippen molar-refractivity contribution in [1.82, 2.24) is 4.90 Å². The summed E-state index contributed by atoms with van der Waals surface area (Å²) in [5.74, 6) is 0.489. The van der Waals surface area contributed by atoms with E-state index in [-0.39, 0.29) is 5.41 Å². The van der Waals surface area contributed by atoms with Gasteiger partial charge in [0.15, 0.2) is 0 Å². The molecule has 15 heavy (non-hydrogen) atoms. The molecule has 3 fully saturated rings. The number of fused-ring (bicyclic) bond motifs is 1. The first kappa shape index (κ1) is 9.64. The SMILES string of the molecule is O=C1N2CCCCC2CC12CCC[NH2+]C2. The van der Waals surface area contributed by atoms with E-state index in [0.29, 0.717) is 11.9 Å². The van der Waals surface area contributed by atoms with Crippen LogP contribution in [-0.2, 0) is 4.79 Å². The third-order valence-electron chi connectivity index (χ3n) is 4.57. The zero-order valence-corrected chi connectivity index (χ0v) is 9.37. The van der Waals surface area contributed by atoms with Crippen LogP contribution in [0, 0.1) is 5.41 Å². The van der Waals surface area contributed by atoms with Crippen molar-refractivity contribution in [1.29, 1.82) is 0 Å². The van der Waals surface area contributed by atoms with Gasteiger partial charge >= 0.3 is 0 Å². The highest BCUT2D eigenvalue weighted by molar-refractivity contribution is 5.85. The Hall–Kier alpha value is -0.570. The Balaban J connectivity index is 1.83. The van der Waals surface area contributed by atoms with Crippen molar-refractivity contribution in [2.45, 2.75) is 44.6 Å². The fraction of sp³-hybridized carbons (Fsp3) is 0.917. The summed E-state index contributed by atoms with van der Waals surface area (Å²) in [4.78, 5) is 14.6. The summed E-state index contributed by atoms with van der Waals surface area (Å²) in [6, 6.07) is 0.595. The average molecular weight is 209 g/mol. The van der Waals surface area contributed by atoms with Crippen molar-refractivity contribution in [3.63, 3.8) is 0 Å². The first-order valence-corrected chi connectivity index (χ1v) is 6.45. The highest BCUT2D eigenvalue weighted by Gasteiger charge is 2.53. The lowest BCUT2D eigenvalue weighted by atomic mass is 9.78. The first-order chi connectivity index (χ1) is 7.32. The molecule has 0 aromatic rings. The number of nitrogens with two attached hydrogens (primary N) is 1. The van der Waals surface area contributed by atoms with Crippen LogP contribution in [0.2, 0.25) is 0 Å². The van der Waals surface area contributed by atoms with Crippen LogP contribution in [0.4, 0.5) is 0 Å². The molecule has 2 N–H and O–H groups in total. The van der Waals surface area contributed by atoms with E-state index in [1.807, 2.05) is 0 Å². The van der Waals surface area contributed by atoms with Gasteiger partial charge in [-0.1, -0.05) is 0 Å². The molecule has 0 aliphatic carbocycles. The monoisotopic (exact) mass is 209 g/mol. The first-order valence-electron chi connectivity index (χ1n) is 6.45. The van der Waals surface area contributed by atoms with E-state index < -0.39 is 0 Å². The summed E-state index contributed by atoms with van der Waals surface area (Å²) >= 11 is 0. The van der Waals surface area contributed by atoms with Crippen molar-refractivity contribution in [2.24, 2.45) is 5.41 Å². The number of nitrogens with zero attached hydrogens (tertiary/aromatic N) is 1. The molecule has 3 heterocycles. The summed E-state index contributed by atoms with van der Waals surface area (Å²) in [5.41, 5.74) is 0.0489. The minimum absolute atomic E-state index is 0.0489. The molecule has 0 bridgehead atoms. The van der Waals surface area contributed by atoms with Crippen LogP contribution in [0.1, 0.15) is 38.5 Å². The van der Waals surface area contributed by atoms with Crippen LogP contribution in [0.25, 0.3) is 0 Å². The second-order valence-corrected chi connectivity index (χ2v) is 5.52. The van der Waals surface area contributed by atoms with Gasteiger partial charge in [-0.15, -0.1) is 0 Å². The second kappa shape index (κ2) is 3.48. The number of carbonyl (C=O) groups excluding carboxylic acids is 1. The number of rotatable bonds is 0. The second-order valence-electron chi connectivity index (χ2n) is 5.52. The molecule has 3 nitrogen and oxygen atoms in total. The molecule has 1 amide bonds. The number of amides is 1. The molecule has 0 aromatic heterocycles. The lowest BCUT2D eigenvalue weighted by molar-refractivity contribution is -0.673. The highest BCUT2D eigenvalue weighted by atomic mass is 16.2. The van der Waals surface area contributed by atoms with Crippen LogP contribution in [0.5, 0.6) is 0 Å². The minimum atomic E-state index is 0.0489. The normalized spacial score (nSPS) is 40.9. The molecule has 3 saturated heterocycles. The largest absolute Gasteiger partial charge is 0.345 e. The summed E-state index contributed by atoms with van der Waals surface area (Å²) in [6.45, 7) is 3.31. The molecule has 3 rings (SSSR count). The highest BCUT2D eigenvalue weighted by Crippen LogP contribution is 2.42. The third-order valence-corrected chi connectivity index (χ3v) is 4.57. The maximum atomic E-state index is 12.4. The van der Waals surface area contributed by atoms with Gasteiger partial charge in [0.2, 0.25) is 5.91 Å². The Morgan fingerprint density at radius 2 is 2.27 bits per heavy atom. The van der Waals surface area contributed by atoms with Crippen molar-refractivity contribution in [2.75, 3.05) is 19.6 Å². The molecule has 3 heteroatoms. The third kappa shape index (κ3) is 1.40. The molecular weight excluding hydrogens is 188 g/mol. The lowest BCUT2D eigenvalue weighted by Gasteiger charge is -2.30. The number of hydrogen-bond donors (Lipinski definition) is 1. The van der Waals surface area contributed by atoms with Crippen LogP contribution < -0.4 is 5.32 Å². The molecule has 0 aromatic carbocycles. The van der Waals surface area contributed by atoms with Crippen LogP contribution in [-0.4, -0.2) is 36.5 Å². The molecule has 2 unspecified atom stereocenters. The van der Waals surface area contributed by atoms with Crippen LogP contribution >= 0.6 is 0 Å². The Labute approximate surface area is 91.2 Å². The van der Waals surface area contributed by atoms with E-state index in [1.165, 1.54) is 32.2 Å². The summed E-state index contributed by atoms with van der Waals surface area (Å²) in [5, 5.41) is 2.35. The average Bonchev–Trinajstić information content (AvgIpc) is 2.54. The van der Waals surface area contributed by atoms with Gasteiger partial charge in [0, 0.05) is 12.6 Å². The Morgan fingerprint density at radius 3 is 3.00 bits per heavy atom. The van der Waals surface area contributed by atoms with Gasteiger partial charge in [0.05, 0.1) is 13.1 Å². The van der Waals surface area contributed by atoms with E-state index in [9.17, 15) is 4.79 Å². The van der Waals surface area contributed by atoms with E-state index in [2.05, 4.69) is 10.2 Å². The summed E-state index contributed by atoms with van der Waals surface area (Å²) in [6.07, 6.45) is 7.34. The van der Waals surface area contributed by atoms with E-state index in [0.717, 1.165) is 25.9 Å². The minimum Gasteiger partial charge on any atom is -0.345 e. The topological polar surface area (TPSA) is 36.9 Å². The molecule has 2 atom stereocenters. The van der Waals surface area contributed by atoms with E-state index in [1.54, 1.807) is 0 Å². The molecule has 3 aliphatic rings. The number of hydrogen-bond acceptors (Lipinski definition) is 1. The number of piperidine rings is 2. The zero-order chi connectivity index (χ0) is 10.3. The maximum absolute atomic E-state index is 12.4. The van der Waals surface area contributed by atoms with E-state index in [4.69, 9.17) is 0 Å². The fourth-order valence-electron chi connectivity index (χ4n) is 3.77. The van der Waals surface area contributed by atoms with Gasteiger partial charge in [-0.2, -0.15) is 0 Å². The lowest BCUT2D eigenvalue weighted by Crippen LogP contribution is -2.89. The summed E-state index contributed by atoms with van der Waals surface area (Å²) in [7, 11) is 0. The molecule has 3 aliphatic heterocycles. The Morgan fingerprint density at radius 1 is 1.33 bits per heavy atom. The number of quaternary nitrogens is 1. The van der Waals surface area contributed by atoms with Gasteiger partial charge in [-0.3, -0.25) is 4.79 Å². The molecule has 1 spiro atoms. The Kier molecular flexibility index (Phi) is 2.23. The van der Waals surface area contributed by atoms with E-state index >= 15 is 0 Å². The van der Waals surface area contributed by atoms with Gasteiger partial charge in [0.25, 0.3) is 0 Å². The van der Waals surface area contributed by atoms with Gasteiger partial charge in [-0.25, -0.2) is 0 Å².